The van der Waals surface area contributed by atoms with Crippen LogP contribution in [0.5, 0.6) is 0 Å². The first-order valence-electron chi connectivity index (χ1n) is 9.47. The van der Waals surface area contributed by atoms with Crippen molar-refractivity contribution in [1.82, 2.24) is 0 Å². The average molecular weight is 398 g/mol. The Labute approximate surface area is 168 Å². The number of rotatable bonds is 6. The Balaban J connectivity index is 1.56. The van der Waals surface area contributed by atoms with Crippen LogP contribution in [0.1, 0.15) is 31.7 Å². The quantitative estimate of drug-likeness (QED) is 0.756. The number of amides is 2. The molecule has 3 rings (SSSR count). The fourth-order valence-electron chi connectivity index (χ4n) is 3.32. The molecule has 0 bridgehead atoms. The molecule has 2 amide bonds. The van der Waals surface area contributed by atoms with E-state index in [1.807, 2.05) is 32.0 Å². The zero-order chi connectivity index (χ0) is 21.0. The van der Waals surface area contributed by atoms with Crippen molar-refractivity contribution in [1.29, 1.82) is 0 Å². The molecule has 6 nitrogen and oxygen atoms in total. The summed E-state index contributed by atoms with van der Waals surface area (Å²) in [6, 6.07) is 13.3. The van der Waals surface area contributed by atoms with Gasteiger partial charge in [0.2, 0.25) is 5.91 Å². The number of hydrogen-bond acceptors (Lipinski definition) is 4. The standard InChI is InChI=1S/C22H23FN2O4/c1-14(2)16-7-3-5-9-18(16)24-20(26)13-29-22(28)15-11-21(27)25(12-15)19-10-6-4-8-17(19)23/h3-10,14-15H,11-13H2,1-2H3,(H,24,26)/t15-/m0/s1. The fourth-order valence-corrected chi connectivity index (χ4v) is 3.32. The molecular formula is C22H23FN2O4. The number of para-hydroxylation sites is 2. The highest BCUT2D eigenvalue weighted by atomic mass is 19.1. The number of carbonyl (C=O) groups is 3. The van der Waals surface area contributed by atoms with Gasteiger partial charge in [-0.25, -0.2) is 4.39 Å². The lowest BCUT2D eigenvalue weighted by atomic mass is 10.0. The van der Waals surface area contributed by atoms with Crippen LogP contribution < -0.4 is 10.2 Å². The van der Waals surface area contributed by atoms with E-state index in [1.165, 1.54) is 23.1 Å². The van der Waals surface area contributed by atoms with Gasteiger partial charge >= 0.3 is 5.97 Å². The molecule has 2 aromatic rings. The number of halogens is 1. The van der Waals surface area contributed by atoms with Gasteiger partial charge in [-0.15, -0.1) is 0 Å². The van der Waals surface area contributed by atoms with Crippen LogP contribution in [0.4, 0.5) is 15.8 Å². The summed E-state index contributed by atoms with van der Waals surface area (Å²) in [5, 5.41) is 2.75. The van der Waals surface area contributed by atoms with E-state index < -0.39 is 30.2 Å². The van der Waals surface area contributed by atoms with Crippen molar-refractivity contribution in [3.05, 3.63) is 59.9 Å². The minimum Gasteiger partial charge on any atom is -0.455 e. The molecule has 7 heteroatoms. The number of hydrogen-bond donors (Lipinski definition) is 1. The zero-order valence-corrected chi connectivity index (χ0v) is 16.4. The Bertz CT molecular complexity index is 929. The molecule has 0 unspecified atom stereocenters. The normalized spacial score (nSPS) is 16.2. The molecule has 1 atom stereocenters. The lowest BCUT2D eigenvalue weighted by Gasteiger charge is -2.17. The Hall–Kier alpha value is -3.22. The van der Waals surface area contributed by atoms with Crippen LogP contribution in [0.2, 0.25) is 0 Å². The maximum atomic E-state index is 13.9. The molecule has 1 N–H and O–H groups in total. The fraction of sp³-hybridized carbons (Fsp3) is 0.318. The Morgan fingerprint density at radius 1 is 1.17 bits per heavy atom. The number of nitrogens with zero attached hydrogens (tertiary/aromatic N) is 1. The zero-order valence-electron chi connectivity index (χ0n) is 16.4. The van der Waals surface area contributed by atoms with Crippen molar-refractivity contribution in [2.75, 3.05) is 23.4 Å². The van der Waals surface area contributed by atoms with Gasteiger partial charge in [0.05, 0.1) is 11.6 Å². The van der Waals surface area contributed by atoms with Gasteiger partial charge in [0.25, 0.3) is 5.91 Å². The first-order chi connectivity index (χ1) is 13.9. The van der Waals surface area contributed by atoms with E-state index in [9.17, 15) is 18.8 Å². The van der Waals surface area contributed by atoms with E-state index in [2.05, 4.69) is 5.32 Å². The Morgan fingerprint density at radius 3 is 2.59 bits per heavy atom. The summed E-state index contributed by atoms with van der Waals surface area (Å²) < 4.78 is 19.0. The van der Waals surface area contributed by atoms with Crippen molar-refractivity contribution in [3.63, 3.8) is 0 Å². The molecule has 0 spiro atoms. The van der Waals surface area contributed by atoms with E-state index in [4.69, 9.17) is 4.74 Å². The second-order valence-corrected chi connectivity index (χ2v) is 7.25. The van der Waals surface area contributed by atoms with E-state index in [0.29, 0.717) is 5.69 Å². The topological polar surface area (TPSA) is 75.7 Å². The molecule has 1 aliphatic heterocycles. The second kappa shape index (κ2) is 8.86. The van der Waals surface area contributed by atoms with Crippen molar-refractivity contribution in [2.24, 2.45) is 5.92 Å². The SMILES string of the molecule is CC(C)c1ccccc1NC(=O)COC(=O)[C@H]1CC(=O)N(c2ccccc2F)C1. The van der Waals surface area contributed by atoms with Gasteiger partial charge in [-0.05, 0) is 29.7 Å². The molecule has 2 aromatic carbocycles. The summed E-state index contributed by atoms with van der Waals surface area (Å²) >= 11 is 0. The minimum absolute atomic E-state index is 0.0242. The van der Waals surface area contributed by atoms with Crippen molar-refractivity contribution < 1.29 is 23.5 Å². The van der Waals surface area contributed by atoms with Crippen LogP contribution in [0.3, 0.4) is 0 Å². The number of esters is 1. The third-order valence-electron chi connectivity index (χ3n) is 4.80. The average Bonchev–Trinajstić information content (AvgIpc) is 3.08. The molecule has 29 heavy (non-hydrogen) atoms. The largest absolute Gasteiger partial charge is 0.455 e. The van der Waals surface area contributed by atoms with Gasteiger partial charge in [-0.2, -0.15) is 0 Å². The molecule has 152 valence electrons. The number of carbonyl (C=O) groups excluding carboxylic acids is 3. The lowest BCUT2D eigenvalue weighted by Crippen LogP contribution is -2.28. The van der Waals surface area contributed by atoms with Gasteiger partial charge in [0, 0.05) is 18.7 Å². The summed E-state index contributed by atoms with van der Waals surface area (Å²) in [7, 11) is 0. The smallest absolute Gasteiger partial charge is 0.311 e. The third-order valence-corrected chi connectivity index (χ3v) is 4.80. The van der Waals surface area contributed by atoms with E-state index in [0.717, 1.165) is 5.56 Å². The van der Waals surface area contributed by atoms with E-state index in [1.54, 1.807) is 12.1 Å². The summed E-state index contributed by atoms with van der Waals surface area (Å²) in [6.07, 6.45) is -0.0784. The lowest BCUT2D eigenvalue weighted by molar-refractivity contribution is -0.151. The van der Waals surface area contributed by atoms with Crippen molar-refractivity contribution in [3.8, 4) is 0 Å². The van der Waals surface area contributed by atoms with Gasteiger partial charge in [0.15, 0.2) is 6.61 Å². The molecule has 0 aromatic heterocycles. The molecule has 1 aliphatic rings. The summed E-state index contributed by atoms with van der Waals surface area (Å²) in [5.74, 6) is -2.50. The Kier molecular flexibility index (Phi) is 6.26. The molecule has 1 fully saturated rings. The van der Waals surface area contributed by atoms with Crippen LogP contribution >= 0.6 is 0 Å². The molecular weight excluding hydrogens is 375 g/mol. The number of anilines is 2. The van der Waals surface area contributed by atoms with Crippen LogP contribution in [0.25, 0.3) is 0 Å². The monoisotopic (exact) mass is 398 g/mol. The third kappa shape index (κ3) is 4.80. The van der Waals surface area contributed by atoms with Gasteiger partial charge < -0.3 is 15.0 Å². The minimum atomic E-state index is -0.738. The van der Waals surface area contributed by atoms with Gasteiger partial charge in [0.1, 0.15) is 5.82 Å². The Morgan fingerprint density at radius 2 is 1.86 bits per heavy atom. The highest BCUT2D eigenvalue weighted by molar-refractivity contribution is 6.00. The van der Waals surface area contributed by atoms with Gasteiger partial charge in [-0.3, -0.25) is 14.4 Å². The first kappa shape index (κ1) is 20.5. The highest BCUT2D eigenvalue weighted by Crippen LogP contribution is 2.28. The van der Waals surface area contributed by atoms with Crippen molar-refractivity contribution >= 4 is 29.2 Å². The van der Waals surface area contributed by atoms with Crippen LogP contribution in [-0.4, -0.2) is 30.9 Å². The summed E-state index contributed by atoms with van der Waals surface area (Å²) in [5.41, 5.74) is 1.79. The maximum absolute atomic E-state index is 13.9. The summed E-state index contributed by atoms with van der Waals surface area (Å²) in [4.78, 5) is 37.9. The van der Waals surface area contributed by atoms with Crippen LogP contribution in [-0.2, 0) is 19.1 Å². The van der Waals surface area contributed by atoms with Gasteiger partial charge in [-0.1, -0.05) is 44.2 Å². The van der Waals surface area contributed by atoms with Crippen LogP contribution in [0, 0.1) is 11.7 Å². The molecule has 1 heterocycles. The highest BCUT2D eigenvalue weighted by Gasteiger charge is 2.37. The number of benzene rings is 2. The predicted octanol–water partition coefficient (Wildman–Crippen LogP) is 3.48. The first-order valence-corrected chi connectivity index (χ1v) is 9.47. The molecule has 0 radical (unpaired) electrons. The van der Waals surface area contributed by atoms with E-state index in [-0.39, 0.29) is 30.5 Å². The maximum Gasteiger partial charge on any atom is 0.311 e. The number of nitrogens with one attached hydrogen (secondary N) is 1. The molecule has 1 saturated heterocycles. The molecule has 0 saturated carbocycles. The van der Waals surface area contributed by atoms with E-state index >= 15 is 0 Å². The van der Waals surface area contributed by atoms with Crippen molar-refractivity contribution in [2.45, 2.75) is 26.2 Å². The summed E-state index contributed by atoms with van der Waals surface area (Å²) in [6.45, 7) is 3.61. The number of ether oxygens (including phenoxy) is 1. The second-order valence-electron chi connectivity index (χ2n) is 7.25. The van der Waals surface area contributed by atoms with Crippen LogP contribution in [0.15, 0.2) is 48.5 Å². The molecule has 0 aliphatic carbocycles. The predicted molar refractivity (Wildman–Crippen MR) is 107 cm³/mol.